The molecule has 0 radical (unpaired) electrons. The van der Waals surface area contributed by atoms with E-state index >= 15 is 0 Å². The summed E-state index contributed by atoms with van der Waals surface area (Å²) in [5.41, 5.74) is 0.836. The molecule has 2 N–H and O–H groups in total. The van der Waals surface area contributed by atoms with E-state index in [9.17, 15) is 23.1 Å². The summed E-state index contributed by atoms with van der Waals surface area (Å²) in [6.45, 7) is 2.05. The molecule has 1 aliphatic rings. The van der Waals surface area contributed by atoms with Crippen molar-refractivity contribution in [3.63, 3.8) is 0 Å². The Kier molecular flexibility index (Phi) is 7.65. The maximum atomic E-state index is 14.6. The lowest BCUT2D eigenvalue weighted by atomic mass is 9.92. The molecule has 2 heterocycles. The number of nitrogens with one attached hydrogen (secondary N) is 1. The zero-order valence-corrected chi connectivity index (χ0v) is 21.1. The molecule has 0 bridgehead atoms. The highest BCUT2D eigenvalue weighted by Crippen LogP contribution is 2.35. The molecule has 4 aromatic rings. The van der Waals surface area contributed by atoms with Gasteiger partial charge in [0.2, 0.25) is 0 Å². The second-order valence-corrected chi connectivity index (χ2v) is 9.90. The first kappa shape index (κ1) is 26.2. The van der Waals surface area contributed by atoms with Crippen LogP contribution in [-0.4, -0.2) is 46.6 Å². The third-order valence-electron chi connectivity index (χ3n) is 6.96. The third kappa shape index (κ3) is 5.38. The molecule has 1 aromatic heterocycles. The molecule has 9 heteroatoms. The van der Waals surface area contributed by atoms with Crippen LogP contribution in [0.1, 0.15) is 22.3 Å². The van der Waals surface area contributed by atoms with Gasteiger partial charge in [0.05, 0.1) is 16.3 Å². The lowest BCUT2D eigenvalue weighted by molar-refractivity contribution is 0.0712. The minimum absolute atomic E-state index is 0.0826. The van der Waals surface area contributed by atoms with E-state index in [0.29, 0.717) is 30.5 Å². The van der Waals surface area contributed by atoms with Crippen LogP contribution in [0.3, 0.4) is 0 Å². The fourth-order valence-corrected chi connectivity index (χ4v) is 5.25. The molecule has 0 saturated carbocycles. The Morgan fingerprint density at radius 2 is 1.79 bits per heavy atom. The van der Waals surface area contributed by atoms with Crippen molar-refractivity contribution in [3.05, 3.63) is 100 Å². The largest absolute Gasteiger partial charge is 0.396 e. The van der Waals surface area contributed by atoms with E-state index in [1.165, 1.54) is 17.8 Å². The van der Waals surface area contributed by atoms with Crippen molar-refractivity contribution in [2.45, 2.75) is 19.0 Å². The number of rotatable bonds is 6. The predicted octanol–water partition coefficient (Wildman–Crippen LogP) is 5.59. The number of aliphatic hydroxyl groups is 1. The van der Waals surface area contributed by atoms with Crippen LogP contribution >= 0.6 is 11.6 Å². The second-order valence-electron chi connectivity index (χ2n) is 9.49. The number of fused-ring (bicyclic) bond motifs is 1. The fourth-order valence-electron chi connectivity index (χ4n) is 5.04. The van der Waals surface area contributed by atoms with E-state index in [1.54, 1.807) is 12.1 Å². The van der Waals surface area contributed by atoms with Crippen LogP contribution in [0.4, 0.5) is 13.2 Å². The first-order valence-electron chi connectivity index (χ1n) is 12.2. The minimum atomic E-state index is -1.11. The standard InChI is InChI=1S/C29H25ClF3N3O2/c30-23-13-34-28(27-24(32)11-20(31)12-25(27)33)22-10-18(6-7-21(22)23)29(38)35-26-8-9-36(15-19(26)16-37)14-17-4-2-1-3-5-17/h1-7,10-13,19,26,37H,8-9,14-16H2,(H,35,38)/t19-,26+/m0/s1. The molecule has 1 aliphatic heterocycles. The van der Waals surface area contributed by atoms with Gasteiger partial charge in [-0.1, -0.05) is 48.0 Å². The van der Waals surface area contributed by atoms with Crippen LogP contribution in [-0.2, 0) is 6.54 Å². The molecule has 196 valence electrons. The van der Waals surface area contributed by atoms with Gasteiger partial charge in [-0.05, 0) is 24.1 Å². The Balaban J connectivity index is 1.39. The number of hydrogen-bond acceptors (Lipinski definition) is 4. The number of amides is 1. The summed E-state index contributed by atoms with van der Waals surface area (Å²) in [5, 5.41) is 14.0. The zero-order chi connectivity index (χ0) is 26.8. The van der Waals surface area contributed by atoms with Gasteiger partial charge in [0, 0.05) is 72.9 Å². The molecule has 1 fully saturated rings. The molecular weight excluding hydrogens is 515 g/mol. The molecule has 1 saturated heterocycles. The van der Waals surface area contributed by atoms with Gasteiger partial charge in [-0.2, -0.15) is 0 Å². The minimum Gasteiger partial charge on any atom is -0.396 e. The SMILES string of the molecule is O=C(N[C@@H]1CCN(Cc2ccccc2)C[C@H]1CO)c1ccc2c(Cl)cnc(-c3c(F)cc(F)cc3F)c2c1. The molecule has 0 aliphatic carbocycles. The molecule has 1 amide bonds. The third-order valence-corrected chi connectivity index (χ3v) is 7.26. The Bertz CT molecular complexity index is 1460. The second kappa shape index (κ2) is 11.1. The number of halogens is 4. The first-order valence-corrected chi connectivity index (χ1v) is 12.6. The van der Waals surface area contributed by atoms with Gasteiger partial charge in [0.15, 0.2) is 0 Å². The highest BCUT2D eigenvalue weighted by molar-refractivity contribution is 6.35. The van der Waals surface area contributed by atoms with E-state index in [-0.39, 0.29) is 40.2 Å². The summed E-state index contributed by atoms with van der Waals surface area (Å²) in [5.74, 6) is -3.82. The summed E-state index contributed by atoms with van der Waals surface area (Å²) in [4.78, 5) is 19.6. The topological polar surface area (TPSA) is 65.5 Å². The average molecular weight is 540 g/mol. The maximum absolute atomic E-state index is 14.6. The predicted molar refractivity (Wildman–Crippen MR) is 140 cm³/mol. The number of benzene rings is 3. The highest BCUT2D eigenvalue weighted by atomic mass is 35.5. The van der Waals surface area contributed by atoms with Crippen molar-refractivity contribution in [2.75, 3.05) is 19.7 Å². The van der Waals surface area contributed by atoms with Gasteiger partial charge in [0.1, 0.15) is 17.5 Å². The van der Waals surface area contributed by atoms with E-state index in [4.69, 9.17) is 11.6 Å². The Labute approximate surface area is 222 Å². The summed E-state index contributed by atoms with van der Waals surface area (Å²) in [6.07, 6.45) is 1.91. The summed E-state index contributed by atoms with van der Waals surface area (Å²) in [6, 6.07) is 15.6. The van der Waals surface area contributed by atoms with E-state index < -0.39 is 28.9 Å². The summed E-state index contributed by atoms with van der Waals surface area (Å²) < 4.78 is 42.7. The van der Waals surface area contributed by atoms with Crippen LogP contribution in [0.2, 0.25) is 5.02 Å². The van der Waals surface area contributed by atoms with E-state index in [0.717, 1.165) is 13.1 Å². The van der Waals surface area contributed by atoms with Crippen molar-refractivity contribution < 1.29 is 23.1 Å². The normalized spacial score (nSPS) is 18.0. The van der Waals surface area contributed by atoms with Gasteiger partial charge >= 0.3 is 0 Å². The van der Waals surface area contributed by atoms with Crippen LogP contribution in [0.5, 0.6) is 0 Å². The van der Waals surface area contributed by atoms with E-state index in [1.807, 2.05) is 18.2 Å². The first-order chi connectivity index (χ1) is 18.3. The van der Waals surface area contributed by atoms with Crippen molar-refractivity contribution in [3.8, 4) is 11.3 Å². The molecule has 2 atom stereocenters. The number of carbonyl (C=O) groups excluding carboxylic acids is 1. The Morgan fingerprint density at radius 1 is 1.05 bits per heavy atom. The molecule has 3 aromatic carbocycles. The quantitative estimate of drug-likeness (QED) is 0.335. The summed E-state index contributed by atoms with van der Waals surface area (Å²) in [7, 11) is 0. The van der Waals surface area contributed by atoms with Gasteiger partial charge in [-0.25, -0.2) is 13.2 Å². The van der Waals surface area contributed by atoms with Crippen molar-refractivity contribution in [1.29, 1.82) is 0 Å². The lowest BCUT2D eigenvalue weighted by Gasteiger charge is -2.38. The number of piperidine rings is 1. The van der Waals surface area contributed by atoms with Gasteiger partial charge < -0.3 is 10.4 Å². The Hall–Kier alpha value is -3.46. The smallest absolute Gasteiger partial charge is 0.251 e. The number of carbonyl (C=O) groups is 1. The van der Waals surface area contributed by atoms with Gasteiger partial charge in [-0.3, -0.25) is 14.7 Å². The van der Waals surface area contributed by atoms with Gasteiger partial charge in [-0.15, -0.1) is 0 Å². The maximum Gasteiger partial charge on any atom is 0.251 e. The number of hydrogen-bond donors (Lipinski definition) is 2. The summed E-state index contributed by atoms with van der Waals surface area (Å²) >= 11 is 6.28. The van der Waals surface area contributed by atoms with Gasteiger partial charge in [0.25, 0.3) is 5.91 Å². The van der Waals surface area contributed by atoms with Crippen LogP contribution in [0, 0.1) is 23.4 Å². The van der Waals surface area contributed by atoms with E-state index in [2.05, 4.69) is 27.3 Å². The van der Waals surface area contributed by atoms with Crippen LogP contribution in [0.15, 0.2) is 66.9 Å². The molecular formula is C29H25ClF3N3O2. The van der Waals surface area contributed by atoms with Crippen molar-refractivity contribution in [2.24, 2.45) is 5.92 Å². The van der Waals surface area contributed by atoms with Crippen LogP contribution in [0.25, 0.3) is 22.0 Å². The molecule has 5 nitrogen and oxygen atoms in total. The average Bonchev–Trinajstić information content (AvgIpc) is 2.90. The number of pyridine rings is 1. The molecule has 0 unspecified atom stereocenters. The zero-order valence-electron chi connectivity index (χ0n) is 20.3. The number of nitrogens with zero attached hydrogens (tertiary/aromatic N) is 2. The Morgan fingerprint density at radius 3 is 2.50 bits per heavy atom. The molecule has 5 rings (SSSR count). The lowest BCUT2D eigenvalue weighted by Crippen LogP contribution is -2.51. The number of likely N-dealkylation sites (tertiary alicyclic amines) is 1. The monoisotopic (exact) mass is 539 g/mol. The number of aliphatic hydroxyl groups excluding tert-OH is 1. The van der Waals surface area contributed by atoms with Crippen LogP contribution < -0.4 is 5.32 Å². The number of aromatic nitrogens is 1. The highest BCUT2D eigenvalue weighted by Gasteiger charge is 2.30. The molecule has 38 heavy (non-hydrogen) atoms. The molecule has 0 spiro atoms. The van der Waals surface area contributed by atoms with Crippen molar-refractivity contribution >= 4 is 28.3 Å². The fraction of sp³-hybridized carbons (Fsp3) is 0.241. The van der Waals surface area contributed by atoms with Crippen molar-refractivity contribution in [1.82, 2.24) is 15.2 Å².